The number of hydrogen-bond acceptors (Lipinski definition) is 7. The van der Waals surface area contributed by atoms with Crippen molar-refractivity contribution in [1.82, 2.24) is 18.8 Å². The minimum atomic E-state index is -3.25. The molecule has 2 aromatic rings. The summed E-state index contributed by atoms with van der Waals surface area (Å²) in [4.78, 5) is 22.3. The van der Waals surface area contributed by atoms with Gasteiger partial charge in [-0.1, -0.05) is 13.8 Å². The first-order chi connectivity index (χ1) is 14.8. The molecule has 3 heterocycles. The van der Waals surface area contributed by atoms with Crippen LogP contribution in [-0.4, -0.2) is 63.4 Å². The van der Waals surface area contributed by atoms with Crippen molar-refractivity contribution in [2.75, 3.05) is 24.7 Å². The molecule has 0 amide bonds. The lowest BCUT2D eigenvalue weighted by molar-refractivity contribution is 0.0266. The molecular weight excluding hydrogens is 545 g/mol. The van der Waals surface area contributed by atoms with E-state index in [0.29, 0.717) is 47.5 Å². The molecule has 0 radical (unpaired) electrons. The fourth-order valence-corrected chi connectivity index (χ4v) is 6.60. The maximum Gasteiger partial charge on any atom is 0.266 e. The number of aliphatic hydroxyl groups is 1. The quantitative estimate of drug-likeness (QED) is 0.538. The van der Waals surface area contributed by atoms with Crippen LogP contribution in [0.4, 0.5) is 5.95 Å². The predicted octanol–water partition coefficient (Wildman–Crippen LogP) is 2.34. The van der Waals surface area contributed by atoms with Gasteiger partial charge in [-0.15, -0.1) is 0 Å². The minimum Gasteiger partial charge on any atom is -0.388 e. The number of hydrogen-bond donors (Lipinski definition) is 2. The molecule has 32 heavy (non-hydrogen) atoms. The summed E-state index contributed by atoms with van der Waals surface area (Å²) >= 11 is 2.02. The van der Waals surface area contributed by atoms with Crippen LogP contribution in [-0.2, 0) is 10.0 Å². The number of sulfonamides is 1. The lowest BCUT2D eigenvalue weighted by Crippen LogP contribution is -2.53. The highest BCUT2D eigenvalue weighted by Crippen LogP contribution is 2.39. The third kappa shape index (κ3) is 4.40. The summed E-state index contributed by atoms with van der Waals surface area (Å²) in [6.45, 7) is 6.67. The van der Waals surface area contributed by atoms with E-state index in [9.17, 15) is 18.3 Å². The van der Waals surface area contributed by atoms with Crippen molar-refractivity contribution >= 4 is 49.6 Å². The van der Waals surface area contributed by atoms with E-state index in [1.807, 2.05) is 36.4 Å². The number of rotatable bonds is 4. The van der Waals surface area contributed by atoms with Crippen LogP contribution in [0.15, 0.2) is 17.1 Å². The highest BCUT2D eigenvalue weighted by atomic mass is 127. The van der Waals surface area contributed by atoms with Gasteiger partial charge >= 0.3 is 0 Å². The van der Waals surface area contributed by atoms with Gasteiger partial charge in [-0.2, -0.15) is 4.98 Å². The van der Waals surface area contributed by atoms with Crippen molar-refractivity contribution in [3.05, 3.63) is 26.2 Å². The van der Waals surface area contributed by atoms with E-state index in [-0.39, 0.29) is 23.1 Å². The molecule has 176 valence electrons. The predicted molar refractivity (Wildman–Crippen MR) is 132 cm³/mol. The van der Waals surface area contributed by atoms with Crippen LogP contribution in [0.5, 0.6) is 0 Å². The molecule has 2 aromatic heterocycles. The van der Waals surface area contributed by atoms with Crippen molar-refractivity contribution in [2.45, 2.75) is 64.1 Å². The summed E-state index contributed by atoms with van der Waals surface area (Å²) in [7, 11) is -3.25. The van der Waals surface area contributed by atoms with Gasteiger partial charge < -0.3 is 10.4 Å². The molecule has 11 heteroatoms. The Labute approximate surface area is 201 Å². The van der Waals surface area contributed by atoms with Crippen LogP contribution in [0.2, 0.25) is 0 Å². The molecule has 1 saturated carbocycles. The van der Waals surface area contributed by atoms with Crippen molar-refractivity contribution in [1.29, 1.82) is 0 Å². The average Bonchev–Trinajstić information content (AvgIpc) is 3.02. The van der Waals surface area contributed by atoms with Crippen LogP contribution < -0.4 is 10.9 Å². The zero-order valence-electron chi connectivity index (χ0n) is 18.8. The molecule has 3 atom stereocenters. The number of fused-ring (bicyclic) bond motifs is 1. The highest BCUT2D eigenvalue weighted by molar-refractivity contribution is 14.1. The fraction of sp³-hybridized carbons (Fsp3) is 0.667. The molecule has 2 fully saturated rings. The smallest absolute Gasteiger partial charge is 0.266 e. The number of nitrogens with zero attached hydrogens (tertiary/aromatic N) is 4. The molecule has 0 bridgehead atoms. The van der Waals surface area contributed by atoms with E-state index < -0.39 is 15.6 Å². The molecule has 1 aliphatic carbocycles. The Kier molecular flexibility index (Phi) is 6.09. The first kappa shape index (κ1) is 23.8. The molecule has 0 aromatic carbocycles. The highest BCUT2D eigenvalue weighted by Gasteiger charge is 2.41. The van der Waals surface area contributed by atoms with Gasteiger partial charge in [0.25, 0.3) is 5.56 Å². The maximum absolute atomic E-state index is 13.1. The van der Waals surface area contributed by atoms with Crippen LogP contribution in [0.1, 0.15) is 52.5 Å². The third-order valence-electron chi connectivity index (χ3n) is 6.89. The monoisotopic (exact) mass is 575 g/mol. The van der Waals surface area contributed by atoms with Crippen LogP contribution in [0.3, 0.4) is 0 Å². The van der Waals surface area contributed by atoms with Gasteiger partial charge in [-0.05, 0) is 66.7 Å². The molecule has 9 nitrogen and oxygen atoms in total. The van der Waals surface area contributed by atoms with Crippen molar-refractivity contribution < 1.29 is 13.5 Å². The summed E-state index contributed by atoms with van der Waals surface area (Å²) in [6, 6.07) is 1.40. The van der Waals surface area contributed by atoms with E-state index in [1.165, 1.54) is 10.6 Å². The Bertz CT molecular complexity index is 1210. The fourth-order valence-electron chi connectivity index (χ4n) is 5.00. The number of aromatic nitrogens is 3. The summed E-state index contributed by atoms with van der Waals surface area (Å²) in [5.41, 5.74) is -0.955. The van der Waals surface area contributed by atoms with Gasteiger partial charge in [-0.3, -0.25) is 9.36 Å². The molecule has 1 saturated heterocycles. The average molecular weight is 575 g/mol. The Morgan fingerprint density at radius 3 is 2.59 bits per heavy atom. The van der Waals surface area contributed by atoms with Gasteiger partial charge in [-0.25, -0.2) is 17.7 Å². The van der Waals surface area contributed by atoms with Crippen LogP contribution in [0, 0.1) is 8.99 Å². The first-order valence-electron chi connectivity index (χ1n) is 10.8. The Morgan fingerprint density at radius 2 is 2.00 bits per heavy atom. The number of piperidine rings is 1. The van der Waals surface area contributed by atoms with Gasteiger partial charge in [0.15, 0.2) is 0 Å². The van der Waals surface area contributed by atoms with Gasteiger partial charge in [0.05, 0.1) is 21.5 Å². The number of pyridine rings is 1. The van der Waals surface area contributed by atoms with E-state index in [4.69, 9.17) is 4.98 Å². The Morgan fingerprint density at radius 1 is 1.28 bits per heavy atom. The SMILES string of the molecule is CC1(C)CN(S(C)(=O)=O)CCC1Nc1ncc2cc(I)c(=O)n([C@@H]3CCC[C@@]3(C)O)c2n1. The van der Waals surface area contributed by atoms with Gasteiger partial charge in [0.1, 0.15) is 5.65 Å². The number of anilines is 1. The molecule has 4 rings (SSSR count). The molecule has 2 aliphatic rings. The summed E-state index contributed by atoms with van der Waals surface area (Å²) in [6.07, 6.45) is 5.76. The van der Waals surface area contributed by atoms with Crippen LogP contribution >= 0.6 is 22.6 Å². The lowest BCUT2D eigenvalue weighted by Gasteiger charge is -2.43. The maximum atomic E-state index is 13.1. The largest absolute Gasteiger partial charge is 0.388 e. The zero-order valence-corrected chi connectivity index (χ0v) is 21.8. The Balaban J connectivity index is 1.71. The minimum absolute atomic E-state index is 0.0310. The topological polar surface area (TPSA) is 117 Å². The molecule has 0 spiro atoms. The Hall–Kier alpha value is -1.31. The summed E-state index contributed by atoms with van der Waals surface area (Å²) in [5.74, 6) is 0.398. The normalized spacial score (nSPS) is 28.8. The van der Waals surface area contributed by atoms with Gasteiger partial charge in [0, 0.05) is 30.7 Å². The molecule has 2 N–H and O–H groups in total. The standard InChI is InChI=1S/C21H30IN5O4S/c1-20(2)12-26(32(4,30)31)9-7-15(20)24-19-23-11-13-10-14(22)18(28)27(17(13)25-19)16-6-5-8-21(16,3)29/h10-11,15-16,29H,5-9,12H2,1-4H3,(H,23,24,25)/t15?,16-,21-/m1/s1. The lowest BCUT2D eigenvalue weighted by atomic mass is 9.80. The van der Waals surface area contributed by atoms with Crippen molar-refractivity contribution in [3.63, 3.8) is 0 Å². The third-order valence-corrected chi connectivity index (χ3v) is 8.91. The zero-order chi connectivity index (χ0) is 23.5. The number of nitrogens with one attached hydrogen (secondary N) is 1. The first-order valence-corrected chi connectivity index (χ1v) is 13.7. The van der Waals surface area contributed by atoms with Crippen molar-refractivity contribution in [2.24, 2.45) is 5.41 Å². The summed E-state index contributed by atoms with van der Waals surface area (Å²) in [5, 5.41) is 15.0. The second kappa shape index (κ2) is 8.17. The number of halogens is 1. The van der Waals surface area contributed by atoms with E-state index in [1.54, 1.807) is 23.8 Å². The molecule has 1 aliphatic heterocycles. The van der Waals surface area contributed by atoms with Gasteiger partial charge in [0.2, 0.25) is 16.0 Å². The molecular formula is C21H30IN5O4S. The van der Waals surface area contributed by atoms with E-state index in [0.717, 1.165) is 11.8 Å². The summed E-state index contributed by atoms with van der Waals surface area (Å²) < 4.78 is 27.7. The van der Waals surface area contributed by atoms with Crippen molar-refractivity contribution in [3.8, 4) is 0 Å². The van der Waals surface area contributed by atoms with Crippen LogP contribution in [0.25, 0.3) is 11.0 Å². The van der Waals surface area contributed by atoms with E-state index in [2.05, 4.69) is 10.3 Å². The second-order valence-corrected chi connectivity index (χ2v) is 13.1. The molecule has 1 unspecified atom stereocenters. The van der Waals surface area contributed by atoms with E-state index >= 15 is 0 Å². The second-order valence-electron chi connectivity index (χ2n) is 9.98.